The molecule has 0 radical (unpaired) electrons. The van der Waals surface area contributed by atoms with Crippen LogP contribution in [-0.4, -0.2) is 7.11 Å². The summed E-state index contributed by atoms with van der Waals surface area (Å²) in [5, 5.41) is 0. The highest BCUT2D eigenvalue weighted by Crippen LogP contribution is 1.98. The number of rotatable bonds is 2. The van der Waals surface area contributed by atoms with Gasteiger partial charge in [-0.25, -0.2) is 0 Å². The van der Waals surface area contributed by atoms with E-state index in [1.54, 1.807) is 0 Å². The van der Waals surface area contributed by atoms with Crippen molar-refractivity contribution in [2.75, 3.05) is 7.11 Å². The summed E-state index contributed by atoms with van der Waals surface area (Å²) in [6.45, 7) is -0.541. The molecule has 1 aromatic rings. The zero-order valence-electron chi connectivity index (χ0n) is 6.37. The van der Waals surface area contributed by atoms with Gasteiger partial charge in [0, 0.05) is 7.11 Å². The monoisotopic (exact) mass is 123 g/mol. The first kappa shape index (κ1) is 5.00. The Balaban J connectivity index is 2.75. The minimum Gasteiger partial charge on any atom is -0.380 e. The van der Waals surface area contributed by atoms with Crippen molar-refractivity contribution in [2.24, 2.45) is 0 Å². The third-order valence-electron chi connectivity index (χ3n) is 1.05. The highest BCUT2D eigenvalue weighted by Gasteiger charge is 1.84. The summed E-state index contributed by atoms with van der Waals surface area (Å²) in [6.07, 6.45) is 0. The predicted molar refractivity (Wildman–Crippen MR) is 37.2 cm³/mol. The Hall–Kier alpha value is -0.820. The van der Waals surface area contributed by atoms with Crippen LogP contribution in [0.25, 0.3) is 0 Å². The van der Waals surface area contributed by atoms with Crippen molar-refractivity contribution in [1.82, 2.24) is 0 Å². The molecule has 0 saturated carbocycles. The van der Waals surface area contributed by atoms with E-state index in [0.29, 0.717) is 0 Å². The molecule has 1 heteroatoms. The maximum atomic E-state index is 7.34. The Morgan fingerprint density at radius 1 is 1.44 bits per heavy atom. The molecule has 0 aliphatic carbocycles. The molecule has 0 amide bonds. The molecule has 1 unspecified atom stereocenters. The number of ether oxygens (including phenoxy) is 1. The molecule has 0 aliphatic heterocycles. The second-order valence-corrected chi connectivity index (χ2v) is 1.76. The number of hydrogen-bond acceptors (Lipinski definition) is 1. The van der Waals surface area contributed by atoms with Gasteiger partial charge in [-0.05, 0) is 5.56 Å². The van der Waals surface area contributed by atoms with Crippen molar-refractivity contribution in [3.8, 4) is 0 Å². The number of methoxy groups -OCH3 is 1. The molecule has 0 aromatic heterocycles. The van der Waals surface area contributed by atoms with Gasteiger partial charge in [-0.2, -0.15) is 0 Å². The summed E-state index contributed by atoms with van der Waals surface area (Å²) in [5.41, 5.74) is 0.894. The van der Waals surface area contributed by atoms with Crippen molar-refractivity contribution >= 4 is 0 Å². The largest absolute Gasteiger partial charge is 0.380 e. The molecule has 0 N–H and O–H groups in total. The molecule has 1 nitrogen and oxygen atoms in total. The van der Waals surface area contributed by atoms with E-state index in [4.69, 9.17) is 6.11 Å². The predicted octanol–water partition coefficient (Wildman–Crippen LogP) is 1.83. The quantitative estimate of drug-likeness (QED) is 0.583. The highest BCUT2D eigenvalue weighted by atomic mass is 16.5. The third kappa shape index (κ3) is 1.86. The lowest BCUT2D eigenvalue weighted by Gasteiger charge is -1.95. The fourth-order valence-corrected chi connectivity index (χ4v) is 0.668. The minimum absolute atomic E-state index is 0.541. The molecule has 48 valence electrons. The molecule has 0 heterocycles. The van der Waals surface area contributed by atoms with E-state index in [9.17, 15) is 0 Å². The van der Waals surface area contributed by atoms with Crippen molar-refractivity contribution in [2.45, 2.75) is 6.58 Å². The first-order valence-corrected chi connectivity index (χ1v) is 2.84. The van der Waals surface area contributed by atoms with E-state index < -0.39 is 6.58 Å². The van der Waals surface area contributed by atoms with Gasteiger partial charge >= 0.3 is 0 Å². The SMILES string of the molecule is [2H]C(OC)c1ccccc1. The summed E-state index contributed by atoms with van der Waals surface area (Å²) >= 11 is 0. The Labute approximate surface area is 56.7 Å². The molecule has 0 saturated heterocycles. The van der Waals surface area contributed by atoms with Gasteiger partial charge in [-0.15, -0.1) is 0 Å². The molecule has 9 heavy (non-hydrogen) atoms. The van der Waals surface area contributed by atoms with Crippen LogP contribution in [-0.2, 0) is 11.3 Å². The van der Waals surface area contributed by atoms with Gasteiger partial charge in [0.05, 0.1) is 7.95 Å². The molecule has 1 atom stereocenters. The van der Waals surface area contributed by atoms with Crippen LogP contribution in [0.4, 0.5) is 0 Å². The van der Waals surface area contributed by atoms with Crippen molar-refractivity contribution in [3.63, 3.8) is 0 Å². The van der Waals surface area contributed by atoms with E-state index in [1.807, 2.05) is 30.3 Å². The summed E-state index contributed by atoms with van der Waals surface area (Å²) < 4.78 is 12.1. The maximum Gasteiger partial charge on any atom is 0.0713 e. The van der Waals surface area contributed by atoms with Gasteiger partial charge in [0.1, 0.15) is 0 Å². The Bertz CT molecular complexity index is 186. The van der Waals surface area contributed by atoms with Crippen molar-refractivity contribution < 1.29 is 6.11 Å². The molecule has 0 fully saturated rings. The smallest absolute Gasteiger partial charge is 0.0713 e. The topological polar surface area (TPSA) is 9.23 Å². The average Bonchev–Trinajstić information content (AvgIpc) is 2.05. The summed E-state index contributed by atoms with van der Waals surface area (Å²) in [5.74, 6) is 0. The molecule has 0 aliphatic rings. The third-order valence-corrected chi connectivity index (χ3v) is 1.05. The lowest BCUT2D eigenvalue weighted by molar-refractivity contribution is 0.185. The second-order valence-electron chi connectivity index (χ2n) is 1.76. The van der Waals surface area contributed by atoms with E-state index in [1.165, 1.54) is 7.11 Å². The van der Waals surface area contributed by atoms with Crippen LogP contribution in [0.15, 0.2) is 30.3 Å². The van der Waals surface area contributed by atoms with Gasteiger partial charge in [-0.3, -0.25) is 0 Å². The van der Waals surface area contributed by atoms with Gasteiger partial charge in [-0.1, -0.05) is 30.3 Å². The van der Waals surface area contributed by atoms with Crippen LogP contribution >= 0.6 is 0 Å². The van der Waals surface area contributed by atoms with Crippen LogP contribution in [0.5, 0.6) is 0 Å². The second kappa shape index (κ2) is 3.25. The van der Waals surface area contributed by atoms with E-state index >= 15 is 0 Å². The average molecular weight is 123 g/mol. The Morgan fingerprint density at radius 3 is 2.67 bits per heavy atom. The van der Waals surface area contributed by atoms with Crippen LogP contribution < -0.4 is 0 Å². The van der Waals surface area contributed by atoms with Crippen molar-refractivity contribution in [1.29, 1.82) is 0 Å². The van der Waals surface area contributed by atoms with E-state index in [0.717, 1.165) is 5.56 Å². The lowest BCUT2D eigenvalue weighted by Crippen LogP contribution is -1.84. The van der Waals surface area contributed by atoms with Gasteiger partial charge < -0.3 is 4.74 Å². The molecule has 1 aromatic carbocycles. The minimum atomic E-state index is -0.541. The highest BCUT2D eigenvalue weighted by molar-refractivity contribution is 5.13. The van der Waals surface area contributed by atoms with Crippen LogP contribution in [0.2, 0.25) is 0 Å². The van der Waals surface area contributed by atoms with Crippen molar-refractivity contribution in [3.05, 3.63) is 35.9 Å². The molecular weight excluding hydrogens is 112 g/mol. The fourth-order valence-electron chi connectivity index (χ4n) is 0.668. The first-order valence-electron chi connectivity index (χ1n) is 3.42. The molecule has 0 spiro atoms. The standard InChI is InChI=1S/C8H10O/c1-9-7-8-5-3-2-4-6-8/h2-6H,7H2,1H3/i7D. The van der Waals surface area contributed by atoms with Crippen LogP contribution in [0.3, 0.4) is 0 Å². The normalized spacial score (nSPS) is 14.6. The summed E-state index contributed by atoms with van der Waals surface area (Å²) in [7, 11) is 1.53. The zero-order chi connectivity index (χ0) is 7.40. The maximum absolute atomic E-state index is 7.34. The Morgan fingerprint density at radius 2 is 2.11 bits per heavy atom. The zero-order valence-corrected chi connectivity index (χ0v) is 5.37. The molecule has 0 bridgehead atoms. The van der Waals surface area contributed by atoms with Gasteiger partial charge in [0.2, 0.25) is 0 Å². The number of benzene rings is 1. The van der Waals surface area contributed by atoms with Crippen LogP contribution in [0, 0.1) is 0 Å². The molecule has 1 rings (SSSR count). The first-order chi connectivity index (χ1) is 4.84. The molecular formula is C8H10O. The Kier molecular flexibility index (Phi) is 1.81. The summed E-state index contributed by atoms with van der Waals surface area (Å²) in [6, 6.07) is 9.47. The van der Waals surface area contributed by atoms with Crippen LogP contribution in [0.1, 0.15) is 6.93 Å². The van der Waals surface area contributed by atoms with E-state index in [-0.39, 0.29) is 0 Å². The number of hydrogen-bond donors (Lipinski definition) is 0. The lowest BCUT2D eigenvalue weighted by atomic mass is 10.2. The summed E-state index contributed by atoms with van der Waals surface area (Å²) in [4.78, 5) is 0. The van der Waals surface area contributed by atoms with Gasteiger partial charge in [0.15, 0.2) is 0 Å². The van der Waals surface area contributed by atoms with Gasteiger partial charge in [0.25, 0.3) is 0 Å². The van der Waals surface area contributed by atoms with E-state index in [2.05, 4.69) is 0 Å². The fraction of sp³-hybridized carbons (Fsp3) is 0.250.